The van der Waals surface area contributed by atoms with Gasteiger partial charge in [-0.1, -0.05) is 243 Å². The first-order valence-corrected chi connectivity index (χ1v) is 41.3. The van der Waals surface area contributed by atoms with Crippen LogP contribution in [-0.2, 0) is 0 Å². The summed E-state index contributed by atoms with van der Waals surface area (Å²) in [4.78, 5) is 47.6. The molecule has 14 heteroatoms. The lowest BCUT2D eigenvalue weighted by Crippen LogP contribution is -2.01. The summed E-state index contributed by atoms with van der Waals surface area (Å²) in [5.74, 6) is 3.08. The minimum Gasteiger partial charge on any atom is -0.309 e. The van der Waals surface area contributed by atoms with E-state index in [2.05, 4.69) is 354 Å². The van der Waals surface area contributed by atoms with Crippen LogP contribution in [0, 0.1) is 0 Å². The maximum atomic E-state index is 4.95. The zero-order chi connectivity index (χ0) is 82.0. The summed E-state index contributed by atoms with van der Waals surface area (Å²) in [6.07, 6.45) is 6.99. The lowest BCUT2D eigenvalue weighted by atomic mass is 9.97. The van der Waals surface area contributed by atoms with E-state index in [1.54, 1.807) is 24.8 Å². The van der Waals surface area contributed by atoms with E-state index in [-0.39, 0.29) is 0 Å². The molecule has 14 nitrogen and oxygen atoms in total. The van der Waals surface area contributed by atoms with Gasteiger partial charge in [-0.15, -0.1) is 0 Å². The molecule has 0 radical (unpaired) electrons. The molecule has 10 aromatic heterocycles. The third-order valence-electron chi connectivity index (χ3n) is 23.4. The molecule has 0 saturated heterocycles. The predicted octanol–water partition coefficient (Wildman–Crippen LogP) is 26.4. The van der Waals surface area contributed by atoms with Gasteiger partial charge in [-0.25, -0.2) is 29.9 Å². The first-order valence-electron chi connectivity index (χ1n) is 41.3. The molecule has 0 unspecified atom stereocenters. The van der Waals surface area contributed by atoms with Crippen LogP contribution in [0.4, 0.5) is 0 Å². The van der Waals surface area contributed by atoms with Crippen LogP contribution in [0.2, 0.25) is 0 Å². The second kappa shape index (κ2) is 30.7. The van der Waals surface area contributed by atoms with Crippen molar-refractivity contribution in [2.45, 2.75) is 0 Å². The molecule has 0 fully saturated rings. The van der Waals surface area contributed by atoms with Gasteiger partial charge in [0.05, 0.1) is 44.1 Å². The molecule has 0 aliphatic carbocycles. The summed E-state index contributed by atoms with van der Waals surface area (Å²) in [7, 11) is 0. The number of hydrogen-bond acceptors (Lipinski definition) is 10. The van der Waals surface area contributed by atoms with E-state index in [9.17, 15) is 0 Å². The largest absolute Gasteiger partial charge is 0.309 e. The average Bonchev–Trinajstić information content (AvgIpc) is 1.59. The topological polar surface area (TPSA) is 149 Å². The van der Waals surface area contributed by atoms with Crippen molar-refractivity contribution in [3.8, 4) is 136 Å². The van der Waals surface area contributed by atoms with Crippen LogP contribution in [0.5, 0.6) is 0 Å². The molecule has 14 aromatic carbocycles. The van der Waals surface area contributed by atoms with E-state index in [1.807, 2.05) is 84.9 Å². The molecule has 0 atom stereocenters. The number of pyridine rings is 4. The number of fused-ring (bicyclic) bond motifs is 12. The molecule has 124 heavy (non-hydrogen) atoms. The minimum absolute atomic E-state index is 0.494. The number of benzene rings is 14. The van der Waals surface area contributed by atoms with Gasteiger partial charge in [0.25, 0.3) is 0 Å². The lowest BCUT2D eigenvalue weighted by Gasteiger charge is -2.12. The molecule has 0 saturated carbocycles. The van der Waals surface area contributed by atoms with Gasteiger partial charge in [0.15, 0.2) is 34.9 Å². The van der Waals surface area contributed by atoms with Crippen LogP contribution in [0.1, 0.15) is 0 Å². The predicted molar refractivity (Wildman–Crippen MR) is 503 cm³/mol. The highest BCUT2D eigenvalue weighted by molar-refractivity contribution is 6.19. The normalized spacial score (nSPS) is 11.5. The van der Waals surface area contributed by atoms with Crippen LogP contribution < -0.4 is 0 Å². The van der Waals surface area contributed by atoms with Crippen molar-refractivity contribution < 1.29 is 0 Å². The van der Waals surface area contributed by atoms with Crippen LogP contribution >= 0.6 is 0 Å². The molecule has 0 N–H and O–H groups in total. The maximum absolute atomic E-state index is 4.95. The maximum Gasteiger partial charge on any atom is 0.182 e. The van der Waals surface area contributed by atoms with Gasteiger partial charge in [-0.05, 0) is 202 Å². The molecule has 0 bridgehead atoms. The van der Waals surface area contributed by atoms with Crippen molar-refractivity contribution in [2.24, 2.45) is 0 Å². The number of rotatable bonds is 14. The molecule has 10 heterocycles. The molecule has 0 spiro atoms. The molecular weight excluding hydrogens is 1520 g/mol. The average molecular weight is 1590 g/mol. The van der Waals surface area contributed by atoms with Gasteiger partial charge >= 0.3 is 0 Å². The zero-order valence-electron chi connectivity index (χ0n) is 66.7. The standard InChI is InChI=1S/2C55H35N7/c1-2-17-39(18-3-1)61-47-25-6-4-19-43(47)51-41(21-13-27-49(51)61)36-29-31-40(32-30-36)62-48-26-7-5-20-44(48)52-42(22-14-28-50(52)62)37-15-12-16-38(35-37)53-58-54(45-23-8-10-33-56-45)60-55(59-53)46-24-9-11-34-57-46;1-2-16-40(17-3-1)62-48-23-6-4-18-43(48)44-31-28-37(35-51(44)62)36-26-29-41(30-27-36)61-49-24-7-5-19-45(49)52-42(20-13-25-50(52)61)38-14-12-15-39(34-38)53-58-54(46-21-8-10-32-56-46)60-55(59-53)47-22-9-11-33-57-47/h2*1-35H. The highest BCUT2D eigenvalue weighted by Gasteiger charge is 2.24. The quantitative estimate of drug-likeness (QED) is 0.103. The van der Waals surface area contributed by atoms with E-state index in [1.165, 1.54) is 81.8 Å². The molecule has 24 rings (SSSR count). The fraction of sp³-hybridized carbons (Fsp3) is 0. The Labute approximate surface area is 712 Å². The van der Waals surface area contributed by atoms with Gasteiger partial charge in [-0.2, -0.15) is 0 Å². The van der Waals surface area contributed by atoms with Crippen molar-refractivity contribution in [3.05, 3.63) is 425 Å². The first-order chi connectivity index (χ1) is 61.5. The Morgan fingerprint density at radius 2 is 0.435 bits per heavy atom. The lowest BCUT2D eigenvalue weighted by molar-refractivity contribution is 1.05. The van der Waals surface area contributed by atoms with Crippen molar-refractivity contribution in [1.82, 2.24) is 68.1 Å². The number of hydrogen-bond donors (Lipinski definition) is 0. The monoisotopic (exact) mass is 1590 g/mol. The molecule has 0 aliphatic heterocycles. The van der Waals surface area contributed by atoms with Crippen LogP contribution in [0.25, 0.3) is 223 Å². The molecule has 0 aliphatic rings. The van der Waals surface area contributed by atoms with E-state index in [0.717, 1.165) is 83.8 Å². The zero-order valence-corrected chi connectivity index (χ0v) is 66.7. The third kappa shape index (κ3) is 12.8. The van der Waals surface area contributed by atoms with Gasteiger partial charge < -0.3 is 18.3 Å². The summed E-state index contributed by atoms with van der Waals surface area (Å²) < 4.78 is 9.50. The Morgan fingerprint density at radius 3 is 0.823 bits per heavy atom. The summed E-state index contributed by atoms with van der Waals surface area (Å²) in [5.41, 5.74) is 27.3. The summed E-state index contributed by atoms with van der Waals surface area (Å²) in [5, 5.41) is 9.71. The van der Waals surface area contributed by atoms with Crippen molar-refractivity contribution in [3.63, 3.8) is 0 Å². The molecule has 580 valence electrons. The van der Waals surface area contributed by atoms with E-state index < -0.39 is 0 Å². The fourth-order valence-electron chi connectivity index (χ4n) is 17.9. The molecule has 0 amide bonds. The van der Waals surface area contributed by atoms with Crippen LogP contribution in [0.15, 0.2) is 425 Å². The Bertz CT molecular complexity index is 8040. The number of aromatic nitrogens is 14. The van der Waals surface area contributed by atoms with E-state index in [0.29, 0.717) is 57.7 Å². The number of nitrogens with zero attached hydrogens (tertiary/aromatic N) is 14. The van der Waals surface area contributed by atoms with Crippen LogP contribution in [0.3, 0.4) is 0 Å². The van der Waals surface area contributed by atoms with E-state index >= 15 is 0 Å². The van der Waals surface area contributed by atoms with Crippen molar-refractivity contribution in [1.29, 1.82) is 0 Å². The fourth-order valence-corrected chi connectivity index (χ4v) is 17.9. The summed E-state index contributed by atoms with van der Waals surface area (Å²) >= 11 is 0. The molecular formula is C110H70N14. The first kappa shape index (κ1) is 72.2. The second-order valence-corrected chi connectivity index (χ2v) is 30.6. The summed E-state index contributed by atoms with van der Waals surface area (Å²) in [6.45, 7) is 0. The Kier molecular flexibility index (Phi) is 17.9. The summed E-state index contributed by atoms with van der Waals surface area (Å²) in [6, 6.07) is 140. The number of para-hydroxylation sites is 6. The Morgan fingerprint density at radius 1 is 0.153 bits per heavy atom. The van der Waals surface area contributed by atoms with Gasteiger partial charge in [0, 0.05) is 102 Å². The molecule has 24 aromatic rings. The Hall–Kier alpha value is -17.1. The highest BCUT2D eigenvalue weighted by Crippen LogP contribution is 2.45. The minimum atomic E-state index is 0.494. The van der Waals surface area contributed by atoms with Gasteiger partial charge in [0.1, 0.15) is 22.8 Å². The Balaban J connectivity index is 0.000000143. The van der Waals surface area contributed by atoms with Gasteiger partial charge in [0.2, 0.25) is 0 Å². The van der Waals surface area contributed by atoms with Crippen molar-refractivity contribution >= 4 is 87.2 Å². The second-order valence-electron chi connectivity index (χ2n) is 30.6. The van der Waals surface area contributed by atoms with Crippen LogP contribution in [-0.4, -0.2) is 68.1 Å². The van der Waals surface area contributed by atoms with Gasteiger partial charge in [-0.3, -0.25) is 19.9 Å². The smallest absolute Gasteiger partial charge is 0.182 e. The van der Waals surface area contributed by atoms with Crippen molar-refractivity contribution in [2.75, 3.05) is 0 Å². The highest BCUT2D eigenvalue weighted by atomic mass is 15.1. The SMILES string of the molecule is c1ccc(-n2c3ccccc3c3c(-c4ccc(-n5c6ccccc6c6c(-c7cccc(-c8nc(-c9ccccn9)nc(-c9ccccn9)n8)c7)cccc65)cc4)cccc32)cc1.c1ccc(-n2c3ccccc3c3ccc(-c4ccc(-n5c6ccccc6c6c(-c7cccc(-c8nc(-c9ccccn9)nc(-c9ccccn9)n8)c7)cccc65)cc4)cc32)cc1. The third-order valence-corrected chi connectivity index (χ3v) is 23.4. The van der Waals surface area contributed by atoms with E-state index in [4.69, 9.17) is 29.9 Å².